The fourth-order valence-electron chi connectivity index (χ4n) is 2.07. The molecule has 88 valence electrons. The van der Waals surface area contributed by atoms with E-state index >= 15 is 0 Å². The van der Waals surface area contributed by atoms with Crippen molar-refractivity contribution >= 4 is 29.3 Å². The maximum atomic E-state index is 10.9. The molecule has 0 saturated heterocycles. The fraction of sp³-hybridized carbons (Fsp3) is 0.231. The zero-order valence-corrected chi connectivity index (χ0v) is 10.3. The van der Waals surface area contributed by atoms with E-state index in [0.717, 1.165) is 17.5 Å². The number of aliphatic hydroxyl groups excluding tert-OH is 1. The van der Waals surface area contributed by atoms with Crippen molar-refractivity contribution in [1.82, 2.24) is 0 Å². The number of nitrogens with zero attached hydrogens (tertiary/aromatic N) is 1. The van der Waals surface area contributed by atoms with Gasteiger partial charge in [0.1, 0.15) is 0 Å². The summed E-state index contributed by atoms with van der Waals surface area (Å²) in [7, 11) is 0. The van der Waals surface area contributed by atoms with Crippen LogP contribution in [-0.4, -0.2) is 17.1 Å². The van der Waals surface area contributed by atoms with Gasteiger partial charge in [-0.2, -0.15) is 0 Å². The van der Waals surface area contributed by atoms with E-state index < -0.39 is 5.41 Å². The number of hydrogen-bond acceptors (Lipinski definition) is 3. The Kier molecular flexibility index (Phi) is 2.79. The molecule has 0 saturated carbocycles. The Labute approximate surface area is 104 Å². The van der Waals surface area contributed by atoms with Crippen LogP contribution in [0.1, 0.15) is 19.4 Å². The number of aliphatic imine (C=N–C) groups is 1. The number of allylic oxidation sites excluding steroid dienone is 1. The Morgan fingerprint density at radius 3 is 2.76 bits per heavy atom. The van der Waals surface area contributed by atoms with Crippen molar-refractivity contribution in [2.75, 3.05) is 0 Å². The van der Waals surface area contributed by atoms with Gasteiger partial charge in [-0.3, -0.25) is 9.79 Å². The first-order valence-electron chi connectivity index (χ1n) is 5.20. The van der Waals surface area contributed by atoms with E-state index in [2.05, 4.69) is 4.99 Å². The first-order chi connectivity index (χ1) is 8.00. The van der Waals surface area contributed by atoms with E-state index in [4.69, 9.17) is 16.7 Å². The largest absolute Gasteiger partial charge is 0.515 e. The summed E-state index contributed by atoms with van der Waals surface area (Å²) >= 11 is 5.96. The minimum Gasteiger partial charge on any atom is -0.515 e. The molecule has 1 aromatic carbocycles. The fourth-order valence-corrected chi connectivity index (χ4v) is 2.24. The van der Waals surface area contributed by atoms with Crippen LogP contribution in [0, 0.1) is 0 Å². The Morgan fingerprint density at radius 2 is 2.18 bits per heavy atom. The molecule has 0 bridgehead atoms. The van der Waals surface area contributed by atoms with E-state index in [1.54, 1.807) is 6.07 Å². The van der Waals surface area contributed by atoms with Crippen molar-refractivity contribution in [2.24, 2.45) is 4.99 Å². The maximum Gasteiger partial charge on any atom is 0.155 e. The van der Waals surface area contributed by atoms with Crippen molar-refractivity contribution in [2.45, 2.75) is 19.3 Å². The summed E-state index contributed by atoms with van der Waals surface area (Å²) in [6, 6.07) is 5.41. The molecule has 4 heteroatoms. The summed E-state index contributed by atoms with van der Waals surface area (Å²) in [6.45, 7) is 3.89. The number of aldehydes is 1. The van der Waals surface area contributed by atoms with E-state index in [1.165, 1.54) is 0 Å². The van der Waals surface area contributed by atoms with Crippen molar-refractivity contribution in [1.29, 1.82) is 0 Å². The summed E-state index contributed by atoms with van der Waals surface area (Å²) in [5.74, 6) is 0. The van der Waals surface area contributed by atoms with Gasteiger partial charge < -0.3 is 5.11 Å². The summed E-state index contributed by atoms with van der Waals surface area (Å²) in [6.07, 6.45) is 1.40. The van der Waals surface area contributed by atoms with Crippen molar-refractivity contribution < 1.29 is 9.90 Å². The first-order valence-corrected chi connectivity index (χ1v) is 5.57. The standard InChI is InChI=1S/C13H12ClNO2/c1-13(2)10-5-9(14)3-4-11(10)15-12(13)8(6-16)7-17/h3-7,16H,1-2H3/b8-6+. The second kappa shape index (κ2) is 4.00. The minimum atomic E-state index is -0.435. The van der Waals surface area contributed by atoms with Gasteiger partial charge in [0.15, 0.2) is 6.29 Å². The molecular weight excluding hydrogens is 238 g/mol. The van der Waals surface area contributed by atoms with Gasteiger partial charge in [0.2, 0.25) is 0 Å². The zero-order valence-electron chi connectivity index (χ0n) is 9.57. The van der Waals surface area contributed by atoms with E-state index in [9.17, 15) is 4.79 Å². The third-order valence-electron chi connectivity index (χ3n) is 3.00. The van der Waals surface area contributed by atoms with Crippen LogP contribution in [0.5, 0.6) is 0 Å². The van der Waals surface area contributed by atoms with Crippen LogP contribution in [0.15, 0.2) is 35.0 Å². The monoisotopic (exact) mass is 249 g/mol. The lowest BCUT2D eigenvalue weighted by atomic mass is 9.79. The lowest BCUT2D eigenvalue weighted by Gasteiger charge is -2.21. The SMILES string of the molecule is CC1(C)C(/C(C=O)=C/O)=Nc2ccc(Cl)cc21. The highest BCUT2D eigenvalue weighted by Gasteiger charge is 2.36. The number of aliphatic hydroxyl groups is 1. The summed E-state index contributed by atoms with van der Waals surface area (Å²) in [5, 5.41) is 9.69. The highest BCUT2D eigenvalue weighted by atomic mass is 35.5. The Balaban J connectivity index is 2.60. The molecule has 0 unspecified atom stereocenters. The second-order valence-electron chi connectivity index (χ2n) is 4.45. The predicted octanol–water partition coefficient (Wildman–Crippen LogP) is 3.34. The molecule has 0 atom stereocenters. The van der Waals surface area contributed by atoms with Crippen LogP contribution in [-0.2, 0) is 10.2 Å². The van der Waals surface area contributed by atoms with Gasteiger partial charge in [-0.15, -0.1) is 0 Å². The van der Waals surface area contributed by atoms with Crippen molar-refractivity contribution in [3.05, 3.63) is 40.6 Å². The van der Waals surface area contributed by atoms with Crippen LogP contribution in [0.3, 0.4) is 0 Å². The van der Waals surface area contributed by atoms with Gasteiger partial charge in [0.05, 0.1) is 23.2 Å². The Bertz CT molecular complexity index is 544. The molecule has 3 nitrogen and oxygen atoms in total. The quantitative estimate of drug-likeness (QED) is 0.496. The van der Waals surface area contributed by atoms with Crippen LogP contribution >= 0.6 is 11.6 Å². The Hall–Kier alpha value is -1.61. The Morgan fingerprint density at radius 1 is 1.47 bits per heavy atom. The minimum absolute atomic E-state index is 0.197. The zero-order chi connectivity index (χ0) is 12.6. The molecule has 0 amide bonds. The third-order valence-corrected chi connectivity index (χ3v) is 3.23. The van der Waals surface area contributed by atoms with Gasteiger partial charge in [-0.1, -0.05) is 25.4 Å². The van der Waals surface area contributed by atoms with Gasteiger partial charge in [-0.25, -0.2) is 0 Å². The molecule has 1 N–H and O–H groups in total. The number of fused-ring (bicyclic) bond motifs is 1. The van der Waals surface area contributed by atoms with Gasteiger partial charge in [0, 0.05) is 10.4 Å². The molecule has 1 aliphatic rings. The topological polar surface area (TPSA) is 49.7 Å². The van der Waals surface area contributed by atoms with E-state index in [1.807, 2.05) is 26.0 Å². The third kappa shape index (κ3) is 1.76. The highest BCUT2D eigenvalue weighted by Crippen LogP contribution is 2.42. The van der Waals surface area contributed by atoms with Crippen LogP contribution in [0.4, 0.5) is 5.69 Å². The lowest BCUT2D eigenvalue weighted by Crippen LogP contribution is -2.27. The normalized spacial score (nSPS) is 17.6. The summed E-state index contributed by atoms with van der Waals surface area (Å²) < 4.78 is 0. The summed E-state index contributed by atoms with van der Waals surface area (Å²) in [5.41, 5.74) is 2.07. The molecule has 1 heterocycles. The molecule has 0 aromatic heterocycles. The molecule has 2 rings (SSSR count). The smallest absolute Gasteiger partial charge is 0.155 e. The molecule has 0 fully saturated rings. The van der Waals surface area contributed by atoms with Crippen LogP contribution in [0.2, 0.25) is 5.02 Å². The van der Waals surface area contributed by atoms with Gasteiger partial charge in [-0.05, 0) is 23.8 Å². The van der Waals surface area contributed by atoms with E-state index in [-0.39, 0.29) is 5.57 Å². The average molecular weight is 250 g/mol. The van der Waals surface area contributed by atoms with Crippen molar-refractivity contribution in [3.63, 3.8) is 0 Å². The van der Waals surface area contributed by atoms with Crippen LogP contribution in [0.25, 0.3) is 0 Å². The number of benzene rings is 1. The number of carbonyl (C=O) groups is 1. The van der Waals surface area contributed by atoms with Gasteiger partial charge >= 0.3 is 0 Å². The number of carbonyl (C=O) groups excluding carboxylic acids is 1. The molecule has 17 heavy (non-hydrogen) atoms. The lowest BCUT2D eigenvalue weighted by molar-refractivity contribution is -0.104. The van der Waals surface area contributed by atoms with Gasteiger partial charge in [0.25, 0.3) is 0 Å². The number of rotatable bonds is 2. The second-order valence-corrected chi connectivity index (χ2v) is 4.89. The average Bonchev–Trinajstić information content (AvgIpc) is 2.54. The van der Waals surface area contributed by atoms with Crippen molar-refractivity contribution in [3.8, 4) is 0 Å². The molecule has 1 aliphatic heterocycles. The number of halogens is 1. The molecule has 0 spiro atoms. The molecule has 1 aromatic rings. The maximum absolute atomic E-state index is 10.9. The molecular formula is C13H12ClNO2. The first kappa shape index (κ1) is 11.9. The highest BCUT2D eigenvalue weighted by molar-refractivity contribution is 6.31. The predicted molar refractivity (Wildman–Crippen MR) is 68.3 cm³/mol. The number of hydrogen-bond donors (Lipinski definition) is 1. The molecule has 0 aliphatic carbocycles. The van der Waals surface area contributed by atoms with E-state index in [0.29, 0.717) is 17.0 Å². The van der Waals surface area contributed by atoms with Crippen LogP contribution < -0.4 is 0 Å². The molecule has 0 radical (unpaired) electrons. The summed E-state index contributed by atoms with van der Waals surface area (Å²) in [4.78, 5) is 15.3.